The van der Waals surface area contributed by atoms with Crippen LogP contribution in [0.4, 0.5) is 0 Å². The van der Waals surface area contributed by atoms with Crippen molar-refractivity contribution in [3.63, 3.8) is 0 Å². The molecule has 2 aliphatic rings. The summed E-state index contributed by atoms with van der Waals surface area (Å²) in [5, 5.41) is 2.46. The maximum absolute atomic E-state index is 13.6. The van der Waals surface area contributed by atoms with Gasteiger partial charge in [0.1, 0.15) is 5.58 Å². The van der Waals surface area contributed by atoms with Gasteiger partial charge in [0, 0.05) is 10.8 Å². The molecule has 1 spiro atoms. The van der Waals surface area contributed by atoms with Gasteiger partial charge in [0.05, 0.1) is 10.8 Å². The van der Waals surface area contributed by atoms with E-state index >= 15 is 0 Å². The Morgan fingerprint density at radius 2 is 0.913 bits per heavy atom. The van der Waals surface area contributed by atoms with Crippen LogP contribution in [0.15, 0.2) is 167 Å². The summed E-state index contributed by atoms with van der Waals surface area (Å²) in [5.74, 6) is 0. The molecule has 0 amide bonds. The number of hydrogen-bond donors (Lipinski definition) is 0. The summed E-state index contributed by atoms with van der Waals surface area (Å²) in [5.41, 5.74) is 14.2. The van der Waals surface area contributed by atoms with Crippen molar-refractivity contribution in [1.82, 2.24) is 0 Å². The van der Waals surface area contributed by atoms with Crippen molar-refractivity contribution in [3.05, 3.63) is 190 Å². The molecule has 1 heterocycles. The number of fused-ring (bicyclic) bond motifs is 13. The van der Waals surface area contributed by atoms with Gasteiger partial charge in [-0.1, -0.05) is 146 Å². The van der Waals surface area contributed by atoms with Gasteiger partial charge in [-0.15, -0.1) is 0 Å². The molecule has 2 aliphatic carbocycles. The van der Waals surface area contributed by atoms with E-state index in [0.29, 0.717) is 11.0 Å². The lowest BCUT2D eigenvalue weighted by molar-refractivity contribution is 0.570. The molecule has 46 heavy (non-hydrogen) atoms. The van der Waals surface area contributed by atoms with E-state index in [1.54, 1.807) is 0 Å². The van der Waals surface area contributed by atoms with Crippen molar-refractivity contribution in [1.29, 1.82) is 0 Å². The first-order chi connectivity index (χ1) is 22.7. The molecule has 0 saturated heterocycles. The Labute approximate surface area is 265 Å². The third-order valence-electron chi connectivity index (χ3n) is 10.2. The van der Waals surface area contributed by atoms with Gasteiger partial charge >= 0.3 is 5.63 Å². The Morgan fingerprint density at radius 1 is 0.391 bits per heavy atom. The largest absolute Gasteiger partial charge is 0.422 e. The quantitative estimate of drug-likeness (QED) is 0.149. The second-order valence-electron chi connectivity index (χ2n) is 12.3. The van der Waals surface area contributed by atoms with E-state index < -0.39 is 5.41 Å². The summed E-state index contributed by atoms with van der Waals surface area (Å²) >= 11 is 0. The van der Waals surface area contributed by atoms with E-state index in [0.717, 1.165) is 33.0 Å². The van der Waals surface area contributed by atoms with Gasteiger partial charge in [0.25, 0.3) is 0 Å². The van der Waals surface area contributed by atoms with Crippen LogP contribution in [0.5, 0.6) is 0 Å². The van der Waals surface area contributed by atoms with Gasteiger partial charge in [-0.3, -0.25) is 0 Å². The first kappa shape index (κ1) is 25.3. The van der Waals surface area contributed by atoms with Crippen molar-refractivity contribution < 1.29 is 4.42 Å². The number of hydrogen-bond acceptors (Lipinski definition) is 2. The van der Waals surface area contributed by atoms with E-state index in [4.69, 9.17) is 4.42 Å². The van der Waals surface area contributed by atoms with Crippen molar-refractivity contribution in [2.24, 2.45) is 0 Å². The van der Waals surface area contributed by atoms with E-state index in [-0.39, 0.29) is 5.63 Å². The standard InChI is InChI=1S/C44H26O2/c45-43-42-29(27-12-2-1-3-13-27)17-10-19-35(42)41-30(18-11-23-40(41)46-43)28-24-25-34-33-16-6-9-22-38(33)44(39(34)26-28)36-20-7-4-14-31(36)32-15-5-8-21-37(32)44/h1-26H. The summed E-state index contributed by atoms with van der Waals surface area (Å²) in [7, 11) is 0. The molecule has 2 heteroatoms. The molecule has 1 aromatic heterocycles. The van der Waals surface area contributed by atoms with Crippen LogP contribution in [0.2, 0.25) is 0 Å². The molecule has 7 aromatic carbocycles. The summed E-state index contributed by atoms with van der Waals surface area (Å²) in [6.07, 6.45) is 0. The van der Waals surface area contributed by atoms with Gasteiger partial charge in [0.2, 0.25) is 0 Å². The van der Waals surface area contributed by atoms with Gasteiger partial charge in [-0.05, 0) is 78.9 Å². The SMILES string of the molecule is O=c1oc2cccc(-c3ccc4c(c3)C3(c5ccccc5-c5ccccc53)c3ccccc3-4)c2c2cccc(-c3ccccc3)c12. The molecule has 8 aromatic rings. The third-order valence-corrected chi connectivity index (χ3v) is 10.2. The van der Waals surface area contributed by atoms with Crippen LogP contribution in [-0.2, 0) is 5.41 Å². The molecule has 2 nitrogen and oxygen atoms in total. The topological polar surface area (TPSA) is 30.2 Å². The highest BCUT2D eigenvalue weighted by Gasteiger charge is 2.51. The lowest BCUT2D eigenvalue weighted by atomic mass is 9.70. The smallest absolute Gasteiger partial charge is 0.344 e. The van der Waals surface area contributed by atoms with Crippen LogP contribution in [0.25, 0.3) is 66.2 Å². The van der Waals surface area contributed by atoms with E-state index in [2.05, 4.69) is 103 Å². The predicted molar refractivity (Wildman–Crippen MR) is 187 cm³/mol. The average molecular weight is 587 g/mol. The Kier molecular flexibility index (Phi) is 5.10. The first-order valence-electron chi connectivity index (χ1n) is 15.7. The second-order valence-corrected chi connectivity index (χ2v) is 12.3. The Hall–Kier alpha value is -5.99. The van der Waals surface area contributed by atoms with Crippen molar-refractivity contribution >= 4 is 21.7 Å². The molecular weight excluding hydrogens is 560 g/mol. The molecule has 0 saturated carbocycles. The molecule has 0 bridgehead atoms. The number of benzene rings is 7. The monoisotopic (exact) mass is 586 g/mol. The van der Waals surface area contributed by atoms with Gasteiger partial charge in [-0.25, -0.2) is 4.79 Å². The normalized spacial score (nSPS) is 13.5. The van der Waals surface area contributed by atoms with Crippen molar-refractivity contribution in [2.45, 2.75) is 5.41 Å². The van der Waals surface area contributed by atoms with Crippen LogP contribution in [0, 0.1) is 0 Å². The molecule has 0 radical (unpaired) electrons. The van der Waals surface area contributed by atoms with E-state index in [9.17, 15) is 4.79 Å². The minimum Gasteiger partial charge on any atom is -0.422 e. The fraction of sp³-hybridized carbons (Fsp3) is 0.0227. The van der Waals surface area contributed by atoms with Gasteiger partial charge < -0.3 is 4.42 Å². The molecule has 0 aliphatic heterocycles. The molecule has 214 valence electrons. The van der Waals surface area contributed by atoms with Crippen molar-refractivity contribution in [2.75, 3.05) is 0 Å². The second kappa shape index (κ2) is 9.26. The van der Waals surface area contributed by atoms with Crippen LogP contribution in [-0.4, -0.2) is 0 Å². The maximum Gasteiger partial charge on any atom is 0.344 e. The molecule has 0 N–H and O–H groups in total. The fourth-order valence-electron chi connectivity index (χ4n) is 8.39. The van der Waals surface area contributed by atoms with Gasteiger partial charge in [-0.2, -0.15) is 0 Å². The zero-order valence-electron chi connectivity index (χ0n) is 24.8. The Balaban J connectivity index is 1.29. The minimum atomic E-state index is -0.422. The molecule has 0 unspecified atom stereocenters. The highest BCUT2D eigenvalue weighted by molar-refractivity contribution is 6.15. The lowest BCUT2D eigenvalue weighted by Gasteiger charge is -2.30. The van der Waals surface area contributed by atoms with Crippen LogP contribution in [0.3, 0.4) is 0 Å². The summed E-state index contributed by atoms with van der Waals surface area (Å²) < 4.78 is 6.07. The maximum atomic E-state index is 13.6. The van der Waals surface area contributed by atoms with Crippen LogP contribution < -0.4 is 5.63 Å². The van der Waals surface area contributed by atoms with E-state index in [1.807, 2.05) is 54.6 Å². The zero-order valence-corrected chi connectivity index (χ0v) is 24.8. The van der Waals surface area contributed by atoms with Crippen LogP contribution >= 0.6 is 0 Å². The summed E-state index contributed by atoms with van der Waals surface area (Å²) in [6, 6.07) is 55.8. The Bertz CT molecular complexity index is 2540. The molecular formula is C44H26O2. The zero-order chi connectivity index (χ0) is 30.4. The average Bonchev–Trinajstić information content (AvgIpc) is 3.59. The first-order valence-corrected chi connectivity index (χ1v) is 15.7. The highest BCUT2D eigenvalue weighted by Crippen LogP contribution is 2.63. The van der Waals surface area contributed by atoms with Gasteiger partial charge in [0.15, 0.2) is 0 Å². The van der Waals surface area contributed by atoms with Crippen LogP contribution in [0.1, 0.15) is 22.3 Å². The lowest BCUT2D eigenvalue weighted by Crippen LogP contribution is -2.25. The predicted octanol–water partition coefficient (Wildman–Crippen LogP) is 10.6. The molecule has 0 atom stereocenters. The summed E-state index contributed by atoms with van der Waals surface area (Å²) in [4.78, 5) is 13.6. The summed E-state index contributed by atoms with van der Waals surface area (Å²) in [6.45, 7) is 0. The fourth-order valence-corrected chi connectivity index (χ4v) is 8.39. The van der Waals surface area contributed by atoms with Crippen molar-refractivity contribution in [3.8, 4) is 44.5 Å². The minimum absolute atomic E-state index is 0.318. The number of rotatable bonds is 2. The molecule has 10 rings (SSSR count). The molecule has 0 fully saturated rings. The third kappa shape index (κ3) is 3.18. The van der Waals surface area contributed by atoms with E-state index in [1.165, 1.54) is 44.5 Å². The highest BCUT2D eigenvalue weighted by atomic mass is 16.4. The Morgan fingerprint density at radius 3 is 1.57 bits per heavy atom.